The maximum Gasteiger partial charge on any atom is 0.0644 e. The van der Waals surface area contributed by atoms with Crippen LogP contribution in [-0.4, -0.2) is 26.3 Å². The molecule has 0 aliphatic carbocycles. The molecule has 1 saturated heterocycles. The summed E-state index contributed by atoms with van der Waals surface area (Å²) in [6.07, 6.45) is 0. The number of ether oxygens (including phenoxy) is 1. The molecule has 12 heavy (non-hydrogen) atoms. The van der Waals surface area contributed by atoms with E-state index in [1.807, 2.05) is 0 Å². The van der Waals surface area contributed by atoms with E-state index < -0.39 is 0 Å². The second-order valence-corrected chi connectivity index (χ2v) is 3.80. The highest BCUT2D eigenvalue weighted by molar-refractivity contribution is 7.33. The topological polar surface area (TPSA) is 12.5 Å². The average molecular weight is 181 g/mol. The van der Waals surface area contributed by atoms with Gasteiger partial charge < -0.3 is 9.64 Å². The minimum absolute atomic E-state index is 0.872. The minimum Gasteiger partial charge on any atom is -0.378 e. The second-order valence-electron chi connectivity index (χ2n) is 2.79. The number of morpholine rings is 1. The van der Waals surface area contributed by atoms with Crippen molar-refractivity contribution >= 4 is 13.6 Å². The van der Waals surface area contributed by atoms with Crippen LogP contribution in [0, 0.1) is 0 Å². The summed E-state index contributed by atoms with van der Waals surface area (Å²) in [6.45, 7) is 3.83. The summed E-state index contributed by atoms with van der Waals surface area (Å²) in [7, 11) is 1.32. The molecule has 1 aromatic rings. The van der Waals surface area contributed by atoms with Gasteiger partial charge in [0.1, 0.15) is 0 Å². The van der Waals surface area contributed by atoms with Crippen molar-refractivity contribution in [3.8, 4) is 0 Å². The van der Waals surface area contributed by atoms with Crippen molar-refractivity contribution in [3.05, 3.63) is 24.0 Å². The van der Waals surface area contributed by atoms with Gasteiger partial charge in [-0.2, -0.15) is 0 Å². The Morgan fingerprint density at radius 3 is 2.75 bits per heavy atom. The zero-order valence-electron chi connectivity index (χ0n) is 6.94. The van der Waals surface area contributed by atoms with Crippen LogP contribution in [0.5, 0.6) is 0 Å². The van der Waals surface area contributed by atoms with Crippen molar-refractivity contribution in [2.24, 2.45) is 0 Å². The first-order chi connectivity index (χ1) is 5.97. The molecular weight excluding hydrogens is 169 g/mol. The number of rotatable bonds is 1. The Hall–Kier alpha value is -0.590. The zero-order valence-corrected chi connectivity index (χ0v) is 7.83. The van der Waals surface area contributed by atoms with Gasteiger partial charge in [-0.1, -0.05) is 20.3 Å². The van der Waals surface area contributed by atoms with Crippen LogP contribution in [0.1, 0.15) is 0 Å². The van der Waals surface area contributed by atoms with Crippen LogP contribution in [-0.2, 0) is 4.74 Å². The van der Waals surface area contributed by atoms with Gasteiger partial charge >= 0.3 is 0 Å². The molecule has 1 aliphatic rings. The molecule has 3 heteroatoms. The smallest absolute Gasteiger partial charge is 0.0644 e. The third-order valence-electron chi connectivity index (χ3n) is 1.98. The van der Waals surface area contributed by atoms with Crippen LogP contribution in [0.3, 0.4) is 0 Å². The monoisotopic (exact) mass is 181 g/mol. The largest absolute Gasteiger partial charge is 0.378 e. The van der Waals surface area contributed by atoms with Crippen molar-refractivity contribution in [1.29, 1.82) is 0 Å². The van der Waals surface area contributed by atoms with E-state index in [9.17, 15) is 0 Å². The highest BCUT2D eigenvalue weighted by Gasteiger charge is 2.09. The number of hydrogen-bond donors (Lipinski definition) is 0. The number of nitrogens with zero attached hydrogens (tertiary/aromatic N) is 1. The molecule has 0 saturated carbocycles. The van der Waals surface area contributed by atoms with Gasteiger partial charge in [0.15, 0.2) is 0 Å². The van der Waals surface area contributed by atoms with Crippen LogP contribution < -0.4 is 4.90 Å². The highest BCUT2D eigenvalue weighted by Crippen LogP contribution is 2.24. The van der Waals surface area contributed by atoms with Crippen LogP contribution in [0.2, 0.25) is 0 Å². The lowest BCUT2D eigenvalue weighted by Gasteiger charge is -2.28. The van der Waals surface area contributed by atoms with Gasteiger partial charge in [0.2, 0.25) is 0 Å². The van der Waals surface area contributed by atoms with Gasteiger partial charge in [-0.25, -0.2) is 0 Å². The predicted octanol–water partition coefficient (Wildman–Crippen LogP) is 2.10. The van der Waals surface area contributed by atoms with E-state index in [1.54, 1.807) is 0 Å². The Kier molecular flexibility index (Phi) is 2.60. The first kappa shape index (κ1) is 8.03. The van der Waals surface area contributed by atoms with Crippen LogP contribution in [0.15, 0.2) is 24.0 Å². The minimum atomic E-state index is 0.872. The van der Waals surface area contributed by atoms with Crippen molar-refractivity contribution in [2.75, 3.05) is 31.2 Å². The summed E-state index contributed by atoms with van der Waals surface area (Å²) in [6, 6.07) is 6.37. The van der Waals surface area contributed by atoms with Gasteiger partial charge in [0, 0.05) is 13.1 Å². The van der Waals surface area contributed by atoms with E-state index in [0.717, 1.165) is 26.3 Å². The van der Waals surface area contributed by atoms with Crippen LogP contribution in [0.4, 0.5) is 5.42 Å². The maximum atomic E-state index is 5.29. The fraction of sp³-hybridized carbons (Fsp3) is 0.444. The van der Waals surface area contributed by atoms with Gasteiger partial charge in [-0.05, 0) is 11.9 Å². The Morgan fingerprint density at radius 1 is 1.25 bits per heavy atom. The first-order valence-corrected chi connectivity index (χ1v) is 5.17. The molecule has 2 rings (SSSR count). The molecule has 1 fully saturated rings. The van der Waals surface area contributed by atoms with Gasteiger partial charge in [0.25, 0.3) is 0 Å². The van der Waals surface area contributed by atoms with E-state index in [0.29, 0.717) is 0 Å². The number of anilines is 1. The highest BCUT2D eigenvalue weighted by atomic mass is 31.0. The van der Waals surface area contributed by atoms with E-state index in [4.69, 9.17) is 4.74 Å². The summed E-state index contributed by atoms with van der Waals surface area (Å²) in [5.41, 5.74) is 1.40. The van der Waals surface area contributed by atoms with Gasteiger partial charge in [0.05, 0.1) is 18.6 Å². The Bertz CT molecular complexity index is 234. The first-order valence-electron chi connectivity index (χ1n) is 4.20. The lowest BCUT2D eigenvalue weighted by atomic mass is 10.4. The summed E-state index contributed by atoms with van der Waals surface area (Å²) in [4.78, 5) is 2.39. The molecule has 0 amide bonds. The normalized spacial score (nSPS) is 18.5. The maximum absolute atomic E-state index is 5.29. The average Bonchev–Trinajstić information content (AvgIpc) is 2.21. The molecule has 0 radical (unpaired) electrons. The van der Waals surface area contributed by atoms with Crippen molar-refractivity contribution in [1.82, 2.24) is 0 Å². The van der Waals surface area contributed by atoms with Gasteiger partial charge in [-0.15, -0.1) is 0 Å². The molecule has 0 bridgehead atoms. The molecule has 1 aromatic heterocycles. The lowest BCUT2D eigenvalue weighted by Crippen LogP contribution is -2.35. The Balaban J connectivity index is 2.08. The molecule has 0 spiro atoms. The van der Waals surface area contributed by atoms with E-state index in [-0.39, 0.29) is 0 Å². The summed E-state index contributed by atoms with van der Waals surface area (Å²) in [5.74, 6) is 2.17. The molecule has 2 heterocycles. The van der Waals surface area contributed by atoms with Crippen LogP contribution >= 0.6 is 8.19 Å². The lowest BCUT2D eigenvalue weighted by molar-refractivity contribution is 0.123. The van der Waals surface area contributed by atoms with E-state index >= 15 is 0 Å². The molecular formula is C9H12NOP. The molecule has 0 atom stereocenters. The number of hydrogen-bond acceptors (Lipinski definition) is 2. The molecule has 0 N–H and O–H groups in total. The molecule has 0 unspecified atom stereocenters. The molecule has 0 aromatic carbocycles. The second kappa shape index (κ2) is 3.88. The summed E-state index contributed by atoms with van der Waals surface area (Å²) in [5, 5.41) is 0. The van der Waals surface area contributed by atoms with Crippen molar-refractivity contribution in [2.45, 2.75) is 0 Å². The molecule has 1 aliphatic heterocycles. The van der Waals surface area contributed by atoms with E-state index in [1.165, 1.54) is 13.6 Å². The zero-order chi connectivity index (χ0) is 8.23. The third-order valence-corrected chi connectivity index (χ3v) is 3.00. The summed E-state index contributed by atoms with van der Waals surface area (Å²) >= 11 is 0. The van der Waals surface area contributed by atoms with Gasteiger partial charge in [-0.3, -0.25) is 0 Å². The Labute approximate surface area is 74.3 Å². The summed E-state index contributed by atoms with van der Waals surface area (Å²) < 4.78 is 5.29. The SMILES string of the molecule is c1ccc(N2CCOCC2)pc1. The quantitative estimate of drug-likeness (QED) is 0.657. The fourth-order valence-corrected chi connectivity index (χ4v) is 2.21. The van der Waals surface area contributed by atoms with Crippen LogP contribution in [0.25, 0.3) is 0 Å². The Morgan fingerprint density at radius 2 is 2.08 bits per heavy atom. The van der Waals surface area contributed by atoms with E-state index in [2.05, 4.69) is 28.9 Å². The predicted molar refractivity (Wildman–Crippen MR) is 52.0 cm³/mol. The van der Waals surface area contributed by atoms with Crippen molar-refractivity contribution in [3.63, 3.8) is 0 Å². The molecule has 64 valence electrons. The standard InChI is InChI=1S/C9H12NOP/c1-2-8-12-9(3-1)10-4-6-11-7-5-10/h1-3,8H,4-7H2. The van der Waals surface area contributed by atoms with Crippen molar-refractivity contribution < 1.29 is 4.74 Å². The molecule has 2 nitrogen and oxygen atoms in total. The third kappa shape index (κ3) is 1.77. The fourth-order valence-electron chi connectivity index (χ4n) is 1.33.